The first-order chi connectivity index (χ1) is 7.15. The minimum atomic E-state index is -0.0790. The molecular weight excluding hydrogens is 214 g/mol. The van der Waals surface area contributed by atoms with Crippen LogP contribution in [0.25, 0.3) is 0 Å². The molecule has 0 bridgehead atoms. The lowest BCUT2D eigenvalue weighted by Crippen LogP contribution is -2.44. The van der Waals surface area contributed by atoms with E-state index in [1.54, 1.807) is 30.8 Å². The number of likely N-dealkylation sites (N-methyl/N-ethyl adjacent to an activating group) is 1. The third kappa shape index (κ3) is 3.71. The minimum Gasteiger partial charge on any atom is -0.359 e. The number of thioether (sulfide) groups is 1. The van der Waals surface area contributed by atoms with E-state index in [2.05, 4.69) is 10.6 Å². The molecule has 1 aliphatic rings. The summed E-state index contributed by atoms with van der Waals surface area (Å²) < 4.78 is 0. The van der Waals surface area contributed by atoms with E-state index in [4.69, 9.17) is 0 Å². The highest BCUT2D eigenvalue weighted by Gasteiger charge is 2.25. The Balaban J connectivity index is 2.29. The average Bonchev–Trinajstić information content (AvgIpc) is 2.77. The molecular formula is C9H17N3O2S. The van der Waals surface area contributed by atoms with E-state index in [1.165, 1.54) is 0 Å². The first kappa shape index (κ1) is 12.3. The summed E-state index contributed by atoms with van der Waals surface area (Å²) in [5.41, 5.74) is 0. The molecule has 1 rings (SSSR count). The van der Waals surface area contributed by atoms with Gasteiger partial charge in [-0.05, 0) is 0 Å². The maximum atomic E-state index is 11.8. The topological polar surface area (TPSA) is 61.4 Å². The van der Waals surface area contributed by atoms with Crippen molar-refractivity contribution >= 4 is 23.6 Å². The van der Waals surface area contributed by atoms with Gasteiger partial charge >= 0.3 is 0 Å². The van der Waals surface area contributed by atoms with Crippen molar-refractivity contribution in [2.24, 2.45) is 0 Å². The fourth-order valence-electron chi connectivity index (χ4n) is 1.32. The predicted octanol–water partition coefficient (Wildman–Crippen LogP) is -0.757. The fourth-order valence-corrected chi connectivity index (χ4v) is 2.26. The quantitative estimate of drug-likeness (QED) is 0.668. The summed E-state index contributed by atoms with van der Waals surface area (Å²) >= 11 is 1.72. The Hall–Kier alpha value is -0.750. The Labute approximate surface area is 94.0 Å². The molecule has 0 spiro atoms. The maximum Gasteiger partial charge on any atom is 0.240 e. The Bertz CT molecular complexity index is 242. The Morgan fingerprint density at radius 2 is 2.33 bits per heavy atom. The molecule has 0 saturated carbocycles. The van der Waals surface area contributed by atoms with Gasteiger partial charge in [-0.25, -0.2) is 0 Å². The number of hydrogen-bond acceptors (Lipinski definition) is 4. The molecule has 2 amide bonds. The number of carbonyl (C=O) groups excluding carboxylic acids is 2. The van der Waals surface area contributed by atoms with Crippen LogP contribution in [0.5, 0.6) is 0 Å². The van der Waals surface area contributed by atoms with Gasteiger partial charge in [0, 0.05) is 38.7 Å². The van der Waals surface area contributed by atoms with Crippen LogP contribution in [0.1, 0.15) is 6.42 Å². The maximum absolute atomic E-state index is 11.8. The smallest absolute Gasteiger partial charge is 0.240 e. The van der Waals surface area contributed by atoms with Gasteiger partial charge in [-0.15, -0.1) is 11.8 Å². The van der Waals surface area contributed by atoms with Gasteiger partial charge in [0.05, 0.1) is 6.04 Å². The summed E-state index contributed by atoms with van der Waals surface area (Å²) in [7, 11) is 3.33. The molecule has 1 heterocycles. The van der Waals surface area contributed by atoms with Crippen LogP contribution in [0.15, 0.2) is 0 Å². The molecule has 6 heteroatoms. The van der Waals surface area contributed by atoms with Crippen LogP contribution in [-0.2, 0) is 9.59 Å². The average molecular weight is 231 g/mol. The third-order valence-electron chi connectivity index (χ3n) is 2.34. The van der Waals surface area contributed by atoms with Gasteiger partial charge in [0.25, 0.3) is 0 Å². The lowest BCUT2D eigenvalue weighted by molar-refractivity contribution is -0.131. The van der Waals surface area contributed by atoms with Crippen LogP contribution in [-0.4, -0.2) is 55.0 Å². The number of carbonyl (C=O) groups is 2. The van der Waals surface area contributed by atoms with Crippen molar-refractivity contribution < 1.29 is 9.59 Å². The van der Waals surface area contributed by atoms with Crippen molar-refractivity contribution in [3.05, 3.63) is 0 Å². The molecule has 1 fully saturated rings. The van der Waals surface area contributed by atoms with Crippen LogP contribution < -0.4 is 10.6 Å². The third-order valence-corrected chi connectivity index (χ3v) is 3.28. The van der Waals surface area contributed by atoms with Crippen LogP contribution >= 0.6 is 11.8 Å². The van der Waals surface area contributed by atoms with Crippen molar-refractivity contribution in [3.63, 3.8) is 0 Å². The van der Waals surface area contributed by atoms with E-state index in [9.17, 15) is 9.59 Å². The summed E-state index contributed by atoms with van der Waals surface area (Å²) in [6.07, 6.45) is 0.360. The number of nitrogens with one attached hydrogen (secondary N) is 2. The highest BCUT2D eigenvalue weighted by atomic mass is 32.2. The van der Waals surface area contributed by atoms with Crippen molar-refractivity contribution in [2.45, 2.75) is 12.5 Å². The minimum absolute atomic E-state index is 0.0385. The largest absolute Gasteiger partial charge is 0.359 e. The predicted molar refractivity (Wildman–Crippen MR) is 60.6 cm³/mol. The fraction of sp³-hybridized carbons (Fsp3) is 0.778. The zero-order valence-electron chi connectivity index (χ0n) is 9.08. The second-order valence-corrected chi connectivity index (χ2v) is 4.49. The van der Waals surface area contributed by atoms with E-state index < -0.39 is 0 Å². The molecule has 0 aromatic rings. The van der Waals surface area contributed by atoms with Gasteiger partial charge in [-0.1, -0.05) is 0 Å². The lowest BCUT2D eigenvalue weighted by atomic mass is 10.3. The molecule has 0 aromatic carbocycles. The number of hydrogen-bond donors (Lipinski definition) is 2. The Morgan fingerprint density at radius 1 is 1.60 bits per heavy atom. The Kier molecular flexibility index (Phi) is 4.90. The number of rotatable bonds is 4. The first-order valence-electron chi connectivity index (χ1n) is 4.92. The number of nitrogens with zero attached hydrogens (tertiary/aromatic N) is 1. The SMILES string of the molecule is CNC(=O)CCN(C)C(=O)C1CSCN1. The first-order valence-corrected chi connectivity index (χ1v) is 6.07. The monoisotopic (exact) mass is 231 g/mol. The van der Waals surface area contributed by atoms with Gasteiger partial charge in [-0.3, -0.25) is 14.9 Å². The molecule has 15 heavy (non-hydrogen) atoms. The molecule has 2 N–H and O–H groups in total. The summed E-state index contributed by atoms with van der Waals surface area (Å²) in [6.45, 7) is 0.474. The van der Waals surface area contributed by atoms with E-state index in [-0.39, 0.29) is 17.9 Å². The molecule has 0 aromatic heterocycles. The molecule has 86 valence electrons. The summed E-state index contributed by atoms with van der Waals surface area (Å²) in [4.78, 5) is 24.4. The van der Waals surface area contributed by atoms with Crippen LogP contribution in [0.3, 0.4) is 0 Å². The Morgan fingerprint density at radius 3 is 2.87 bits per heavy atom. The van der Waals surface area contributed by atoms with Crippen molar-refractivity contribution in [2.75, 3.05) is 32.3 Å². The van der Waals surface area contributed by atoms with Gasteiger partial charge in [0.15, 0.2) is 0 Å². The molecule has 0 aliphatic carbocycles. The zero-order chi connectivity index (χ0) is 11.3. The van der Waals surface area contributed by atoms with Crippen LogP contribution in [0.4, 0.5) is 0 Å². The molecule has 1 saturated heterocycles. The summed E-state index contributed by atoms with van der Waals surface area (Å²) in [6, 6.07) is -0.0790. The highest BCUT2D eigenvalue weighted by Crippen LogP contribution is 2.11. The molecule has 0 radical (unpaired) electrons. The molecule has 1 aliphatic heterocycles. The molecule has 1 atom stereocenters. The number of amides is 2. The second kappa shape index (κ2) is 5.97. The zero-order valence-corrected chi connectivity index (χ0v) is 9.89. The van der Waals surface area contributed by atoms with Gasteiger partial charge in [0.1, 0.15) is 0 Å². The lowest BCUT2D eigenvalue weighted by Gasteiger charge is -2.20. The van der Waals surface area contributed by atoms with E-state index in [0.29, 0.717) is 13.0 Å². The molecule has 1 unspecified atom stereocenters. The second-order valence-electron chi connectivity index (χ2n) is 3.45. The van der Waals surface area contributed by atoms with E-state index in [0.717, 1.165) is 11.6 Å². The summed E-state index contributed by atoms with van der Waals surface area (Å²) in [5, 5.41) is 5.64. The van der Waals surface area contributed by atoms with Crippen LogP contribution in [0.2, 0.25) is 0 Å². The van der Waals surface area contributed by atoms with Gasteiger partial charge in [0.2, 0.25) is 11.8 Å². The van der Waals surface area contributed by atoms with Gasteiger partial charge in [-0.2, -0.15) is 0 Å². The normalized spacial score (nSPS) is 20.0. The van der Waals surface area contributed by atoms with Crippen molar-refractivity contribution in [1.29, 1.82) is 0 Å². The van der Waals surface area contributed by atoms with E-state index in [1.807, 2.05) is 0 Å². The highest BCUT2D eigenvalue weighted by molar-refractivity contribution is 7.99. The van der Waals surface area contributed by atoms with Crippen molar-refractivity contribution in [1.82, 2.24) is 15.5 Å². The molecule has 5 nitrogen and oxygen atoms in total. The van der Waals surface area contributed by atoms with Crippen LogP contribution in [0, 0.1) is 0 Å². The van der Waals surface area contributed by atoms with Crippen molar-refractivity contribution in [3.8, 4) is 0 Å². The van der Waals surface area contributed by atoms with E-state index >= 15 is 0 Å². The summed E-state index contributed by atoms with van der Waals surface area (Å²) in [5.74, 6) is 1.69. The van der Waals surface area contributed by atoms with Gasteiger partial charge < -0.3 is 10.2 Å². The standard InChI is InChI=1S/C9H17N3O2S/c1-10-8(13)3-4-12(2)9(14)7-5-15-6-11-7/h7,11H,3-6H2,1-2H3,(H,10,13).